The Labute approximate surface area is 159 Å². The Morgan fingerprint density at radius 3 is 2.54 bits per heavy atom. The summed E-state index contributed by atoms with van der Waals surface area (Å²) in [5.41, 5.74) is 2.17. The molecule has 1 N–H and O–H groups in total. The predicted molar refractivity (Wildman–Crippen MR) is 103 cm³/mol. The van der Waals surface area contributed by atoms with E-state index >= 15 is 0 Å². The Balaban J connectivity index is 1.60. The summed E-state index contributed by atoms with van der Waals surface area (Å²) >= 11 is 5.84. The molecule has 3 aromatic rings. The lowest BCUT2D eigenvalue weighted by Gasteiger charge is -2.06. The molecule has 1 atom stereocenters. The summed E-state index contributed by atoms with van der Waals surface area (Å²) in [6.07, 6.45) is 0. The molecule has 0 saturated heterocycles. The van der Waals surface area contributed by atoms with Gasteiger partial charge in [-0.2, -0.15) is 0 Å². The van der Waals surface area contributed by atoms with Gasteiger partial charge >= 0.3 is 0 Å². The highest BCUT2D eigenvalue weighted by Gasteiger charge is 2.14. The zero-order valence-corrected chi connectivity index (χ0v) is 15.8. The van der Waals surface area contributed by atoms with E-state index in [2.05, 4.69) is 5.32 Å². The Morgan fingerprint density at radius 1 is 1.08 bits per heavy atom. The normalized spacial score (nSPS) is 11.9. The van der Waals surface area contributed by atoms with Gasteiger partial charge in [0, 0.05) is 16.5 Å². The SMILES string of the molecule is Cc1ccccc1CNC(=O)c1ccc(C[S@@](=O)c2ccc(Cl)cc2)o1. The second-order valence-corrected chi connectivity index (χ2v) is 7.71. The van der Waals surface area contributed by atoms with Crippen LogP contribution in [0.1, 0.15) is 27.4 Å². The fourth-order valence-corrected chi connectivity index (χ4v) is 3.59. The largest absolute Gasteiger partial charge is 0.455 e. The van der Waals surface area contributed by atoms with E-state index < -0.39 is 10.8 Å². The maximum atomic E-state index is 12.4. The topological polar surface area (TPSA) is 59.3 Å². The molecule has 0 unspecified atom stereocenters. The van der Waals surface area contributed by atoms with Crippen molar-refractivity contribution in [1.29, 1.82) is 0 Å². The maximum absolute atomic E-state index is 12.4. The highest BCUT2D eigenvalue weighted by molar-refractivity contribution is 7.84. The molecule has 0 bridgehead atoms. The molecular formula is C20H18ClNO3S. The first-order valence-corrected chi connectivity index (χ1v) is 9.78. The number of benzene rings is 2. The average molecular weight is 388 g/mol. The lowest BCUT2D eigenvalue weighted by molar-refractivity contribution is 0.0921. The third kappa shape index (κ3) is 4.62. The zero-order chi connectivity index (χ0) is 18.5. The second kappa shape index (κ2) is 8.34. The van der Waals surface area contributed by atoms with Crippen LogP contribution in [0.4, 0.5) is 0 Å². The summed E-state index contributed by atoms with van der Waals surface area (Å²) in [4.78, 5) is 12.9. The van der Waals surface area contributed by atoms with Crippen LogP contribution >= 0.6 is 11.6 Å². The first kappa shape index (κ1) is 18.4. The first-order chi connectivity index (χ1) is 12.5. The summed E-state index contributed by atoms with van der Waals surface area (Å²) in [5.74, 6) is 0.616. The summed E-state index contributed by atoms with van der Waals surface area (Å²) in [6, 6.07) is 18.0. The van der Waals surface area contributed by atoms with Gasteiger partial charge in [-0.3, -0.25) is 9.00 Å². The number of aryl methyl sites for hydroxylation is 1. The molecule has 134 valence electrons. The summed E-state index contributed by atoms with van der Waals surface area (Å²) in [5, 5.41) is 3.43. The molecule has 1 aromatic heterocycles. The minimum absolute atomic E-state index is 0.201. The summed E-state index contributed by atoms with van der Waals surface area (Å²) in [7, 11) is -1.26. The molecule has 26 heavy (non-hydrogen) atoms. The van der Waals surface area contributed by atoms with Crippen LogP contribution in [0.3, 0.4) is 0 Å². The number of furan rings is 1. The van der Waals surface area contributed by atoms with Gasteiger partial charge in [0.2, 0.25) is 0 Å². The molecule has 0 aliphatic rings. The maximum Gasteiger partial charge on any atom is 0.287 e. The van der Waals surface area contributed by atoms with Crippen molar-refractivity contribution in [3.05, 3.63) is 88.3 Å². The van der Waals surface area contributed by atoms with E-state index in [-0.39, 0.29) is 17.4 Å². The summed E-state index contributed by atoms with van der Waals surface area (Å²) < 4.78 is 17.9. The number of nitrogens with one attached hydrogen (secondary N) is 1. The quantitative estimate of drug-likeness (QED) is 0.678. The van der Waals surface area contributed by atoms with E-state index in [0.717, 1.165) is 11.1 Å². The van der Waals surface area contributed by atoms with Gasteiger partial charge in [0.1, 0.15) is 5.76 Å². The highest BCUT2D eigenvalue weighted by Crippen LogP contribution is 2.17. The van der Waals surface area contributed by atoms with E-state index in [1.807, 2.05) is 31.2 Å². The molecule has 3 rings (SSSR count). The number of halogens is 1. The van der Waals surface area contributed by atoms with Crippen LogP contribution in [-0.4, -0.2) is 10.1 Å². The number of rotatable bonds is 6. The molecule has 1 amide bonds. The standard InChI is InChI=1S/C20H18ClNO3S/c1-14-4-2-3-5-15(14)12-22-20(23)19-11-8-17(25-19)13-26(24)18-9-6-16(21)7-10-18/h2-11H,12-13H2,1H3,(H,22,23)/t26-/m1/s1. The van der Waals surface area contributed by atoms with Crippen LogP contribution in [0, 0.1) is 6.92 Å². The van der Waals surface area contributed by atoms with Crippen LogP contribution in [0.2, 0.25) is 5.02 Å². The number of amides is 1. The van der Waals surface area contributed by atoms with Crippen LogP contribution < -0.4 is 5.32 Å². The summed E-state index contributed by atoms with van der Waals surface area (Å²) in [6.45, 7) is 2.43. The lowest BCUT2D eigenvalue weighted by Crippen LogP contribution is -2.22. The van der Waals surface area contributed by atoms with Crippen molar-refractivity contribution in [2.45, 2.75) is 24.1 Å². The molecule has 4 nitrogen and oxygen atoms in total. The Kier molecular flexibility index (Phi) is 5.91. The van der Waals surface area contributed by atoms with Gasteiger partial charge in [0.05, 0.1) is 16.6 Å². The molecule has 1 heterocycles. The first-order valence-electron chi connectivity index (χ1n) is 8.08. The Morgan fingerprint density at radius 2 is 1.81 bits per heavy atom. The van der Waals surface area contributed by atoms with E-state index in [9.17, 15) is 9.00 Å². The Hall–Kier alpha value is -2.37. The lowest BCUT2D eigenvalue weighted by atomic mass is 10.1. The van der Waals surface area contributed by atoms with Gasteiger partial charge in [-0.25, -0.2) is 0 Å². The Bertz CT molecular complexity index is 934. The smallest absolute Gasteiger partial charge is 0.287 e. The number of hydrogen-bond acceptors (Lipinski definition) is 3. The van der Waals surface area contributed by atoms with Gasteiger partial charge < -0.3 is 9.73 Å². The van der Waals surface area contributed by atoms with Crippen LogP contribution in [-0.2, 0) is 23.1 Å². The van der Waals surface area contributed by atoms with Crippen molar-refractivity contribution in [1.82, 2.24) is 5.32 Å². The van der Waals surface area contributed by atoms with E-state index in [1.54, 1.807) is 36.4 Å². The van der Waals surface area contributed by atoms with Crippen molar-refractivity contribution >= 4 is 28.3 Å². The van der Waals surface area contributed by atoms with Gasteiger partial charge in [-0.15, -0.1) is 0 Å². The second-order valence-electron chi connectivity index (χ2n) is 5.82. The van der Waals surface area contributed by atoms with Gasteiger partial charge in [-0.1, -0.05) is 35.9 Å². The number of carbonyl (C=O) groups excluding carboxylic acids is 1. The average Bonchev–Trinajstić information content (AvgIpc) is 3.10. The highest BCUT2D eigenvalue weighted by atomic mass is 35.5. The molecule has 0 spiro atoms. The van der Waals surface area contributed by atoms with E-state index in [0.29, 0.717) is 22.2 Å². The minimum Gasteiger partial charge on any atom is -0.455 e. The van der Waals surface area contributed by atoms with E-state index in [1.165, 1.54) is 0 Å². The minimum atomic E-state index is -1.26. The molecule has 6 heteroatoms. The van der Waals surface area contributed by atoms with Crippen molar-refractivity contribution < 1.29 is 13.4 Å². The van der Waals surface area contributed by atoms with Crippen molar-refractivity contribution in [3.8, 4) is 0 Å². The third-order valence-corrected chi connectivity index (χ3v) is 5.53. The molecule has 2 aromatic carbocycles. The van der Waals surface area contributed by atoms with Crippen LogP contribution in [0.5, 0.6) is 0 Å². The van der Waals surface area contributed by atoms with E-state index in [4.69, 9.17) is 16.0 Å². The van der Waals surface area contributed by atoms with Gasteiger partial charge in [-0.05, 0) is 54.4 Å². The van der Waals surface area contributed by atoms with Gasteiger partial charge in [0.25, 0.3) is 5.91 Å². The number of hydrogen-bond donors (Lipinski definition) is 1. The molecule has 0 radical (unpaired) electrons. The van der Waals surface area contributed by atoms with Crippen molar-refractivity contribution in [2.75, 3.05) is 0 Å². The fourth-order valence-electron chi connectivity index (χ4n) is 2.45. The zero-order valence-electron chi connectivity index (χ0n) is 14.2. The predicted octanol–water partition coefficient (Wildman–Crippen LogP) is 4.48. The monoisotopic (exact) mass is 387 g/mol. The van der Waals surface area contributed by atoms with Crippen molar-refractivity contribution in [2.24, 2.45) is 0 Å². The van der Waals surface area contributed by atoms with Crippen LogP contribution in [0.25, 0.3) is 0 Å². The fraction of sp³-hybridized carbons (Fsp3) is 0.150. The molecular weight excluding hydrogens is 370 g/mol. The van der Waals surface area contributed by atoms with Crippen LogP contribution in [0.15, 0.2) is 70.0 Å². The molecule has 0 aliphatic carbocycles. The van der Waals surface area contributed by atoms with Gasteiger partial charge in [0.15, 0.2) is 5.76 Å². The molecule has 0 saturated carbocycles. The third-order valence-electron chi connectivity index (χ3n) is 3.94. The van der Waals surface area contributed by atoms with Crippen molar-refractivity contribution in [3.63, 3.8) is 0 Å². The number of carbonyl (C=O) groups is 1. The molecule has 0 fully saturated rings. The molecule has 0 aliphatic heterocycles.